The lowest BCUT2D eigenvalue weighted by atomic mass is 10.2. The summed E-state index contributed by atoms with van der Waals surface area (Å²) in [7, 11) is 0. The van der Waals surface area contributed by atoms with Gasteiger partial charge >= 0.3 is 6.18 Å². The van der Waals surface area contributed by atoms with Gasteiger partial charge in [0.2, 0.25) is 0 Å². The number of halogens is 4. The second kappa shape index (κ2) is 4.37. The number of alkyl halides is 3. The third-order valence-electron chi connectivity index (χ3n) is 1.43. The van der Waals surface area contributed by atoms with Crippen LogP contribution >= 0.6 is 34.8 Å². The summed E-state index contributed by atoms with van der Waals surface area (Å²) in [4.78, 5) is 3.48. The lowest BCUT2D eigenvalue weighted by Gasteiger charge is -2.08. The molecule has 1 aromatic rings. The molecule has 0 saturated heterocycles. The number of aliphatic imine (C=N–C) groups is 1. The minimum atomic E-state index is -4.36. The molecular formula is C8H3F3INS. The van der Waals surface area contributed by atoms with E-state index in [1.54, 1.807) is 22.6 Å². The normalized spacial score (nSPS) is 10.9. The van der Waals surface area contributed by atoms with Gasteiger partial charge in [-0.05, 0) is 53.0 Å². The van der Waals surface area contributed by atoms with E-state index < -0.39 is 11.7 Å². The Hall–Kier alpha value is -0.460. The van der Waals surface area contributed by atoms with Crippen molar-refractivity contribution in [3.05, 3.63) is 27.3 Å². The van der Waals surface area contributed by atoms with E-state index in [2.05, 4.69) is 17.2 Å². The number of hydrogen-bond acceptors (Lipinski definition) is 2. The van der Waals surface area contributed by atoms with Crippen molar-refractivity contribution < 1.29 is 13.2 Å². The molecule has 0 aromatic heterocycles. The maximum Gasteiger partial charge on any atom is 0.417 e. The van der Waals surface area contributed by atoms with Gasteiger partial charge < -0.3 is 0 Å². The fourth-order valence-electron chi connectivity index (χ4n) is 0.853. The molecule has 6 heteroatoms. The summed E-state index contributed by atoms with van der Waals surface area (Å²) in [5.74, 6) is 0. The van der Waals surface area contributed by atoms with E-state index >= 15 is 0 Å². The third-order valence-corrected chi connectivity index (χ3v) is 2.46. The minimum Gasteiger partial charge on any atom is -0.195 e. The maximum absolute atomic E-state index is 12.4. The quantitative estimate of drug-likeness (QED) is 0.430. The highest BCUT2D eigenvalue weighted by Gasteiger charge is 2.33. The summed E-state index contributed by atoms with van der Waals surface area (Å²) in [6.07, 6.45) is -4.36. The molecule has 0 radical (unpaired) electrons. The van der Waals surface area contributed by atoms with Crippen molar-refractivity contribution in [1.29, 1.82) is 0 Å². The standard InChI is InChI=1S/C8H3F3INS/c9-8(10,11)6-3-5(13-4-14)1-2-7(6)12/h1-3H. The molecule has 0 aliphatic heterocycles. The van der Waals surface area contributed by atoms with Gasteiger partial charge in [0.05, 0.1) is 16.4 Å². The molecule has 0 aliphatic carbocycles. The van der Waals surface area contributed by atoms with Gasteiger partial charge in [0.1, 0.15) is 0 Å². The van der Waals surface area contributed by atoms with Crippen LogP contribution in [0.3, 0.4) is 0 Å². The molecule has 0 aliphatic rings. The maximum atomic E-state index is 12.4. The Labute approximate surface area is 97.2 Å². The second-order valence-corrected chi connectivity index (χ2v) is 3.71. The van der Waals surface area contributed by atoms with E-state index in [9.17, 15) is 13.2 Å². The Bertz CT molecular complexity index is 396. The van der Waals surface area contributed by atoms with Gasteiger partial charge in [-0.15, -0.1) is 0 Å². The Morgan fingerprint density at radius 2 is 2.00 bits per heavy atom. The number of hydrogen-bond donors (Lipinski definition) is 0. The Balaban J connectivity index is 3.28. The predicted molar refractivity (Wildman–Crippen MR) is 58.8 cm³/mol. The first kappa shape index (κ1) is 11.6. The third kappa shape index (κ3) is 2.76. The number of benzene rings is 1. The van der Waals surface area contributed by atoms with Crippen LogP contribution in [-0.4, -0.2) is 5.16 Å². The summed E-state index contributed by atoms with van der Waals surface area (Å²) >= 11 is 5.93. The summed E-state index contributed by atoms with van der Waals surface area (Å²) in [6.45, 7) is 0. The van der Waals surface area contributed by atoms with Gasteiger partial charge in [-0.2, -0.15) is 18.2 Å². The fraction of sp³-hybridized carbons (Fsp3) is 0.125. The van der Waals surface area contributed by atoms with Crippen molar-refractivity contribution in [2.45, 2.75) is 6.18 Å². The molecule has 1 rings (SSSR count). The molecule has 74 valence electrons. The van der Waals surface area contributed by atoms with Gasteiger partial charge in [-0.3, -0.25) is 0 Å². The topological polar surface area (TPSA) is 12.4 Å². The first-order valence-corrected chi connectivity index (χ1v) is 4.88. The predicted octanol–water partition coefficient (Wildman–Crippen LogP) is 4.04. The van der Waals surface area contributed by atoms with Gasteiger partial charge in [-0.25, -0.2) is 0 Å². The summed E-state index contributed by atoms with van der Waals surface area (Å²) < 4.78 is 37.3. The van der Waals surface area contributed by atoms with Crippen LogP contribution in [0, 0.1) is 3.57 Å². The molecule has 0 heterocycles. The second-order valence-electron chi connectivity index (χ2n) is 2.36. The van der Waals surface area contributed by atoms with Crippen LogP contribution in [0.15, 0.2) is 23.2 Å². The number of isothiocyanates is 1. The zero-order chi connectivity index (χ0) is 10.8. The van der Waals surface area contributed by atoms with Gasteiger partial charge in [0.15, 0.2) is 0 Å². The van der Waals surface area contributed by atoms with Crippen LogP contribution in [0.1, 0.15) is 5.56 Å². The Kier molecular flexibility index (Phi) is 3.63. The van der Waals surface area contributed by atoms with E-state index in [0.717, 1.165) is 6.07 Å². The van der Waals surface area contributed by atoms with Crippen LogP contribution < -0.4 is 0 Å². The van der Waals surface area contributed by atoms with E-state index in [-0.39, 0.29) is 9.26 Å². The van der Waals surface area contributed by atoms with Crippen LogP contribution in [0.2, 0.25) is 0 Å². The average Bonchev–Trinajstić information content (AvgIpc) is 2.07. The monoisotopic (exact) mass is 329 g/mol. The van der Waals surface area contributed by atoms with Crippen LogP contribution in [0.25, 0.3) is 0 Å². The molecule has 14 heavy (non-hydrogen) atoms. The average molecular weight is 329 g/mol. The highest BCUT2D eigenvalue weighted by Crippen LogP contribution is 2.34. The van der Waals surface area contributed by atoms with Crippen LogP contribution in [-0.2, 0) is 6.18 Å². The molecule has 0 amide bonds. The highest BCUT2D eigenvalue weighted by atomic mass is 127. The number of thiocarbonyl (C=S) groups is 1. The highest BCUT2D eigenvalue weighted by molar-refractivity contribution is 14.1. The molecule has 1 aromatic carbocycles. The van der Waals surface area contributed by atoms with E-state index in [4.69, 9.17) is 0 Å². The van der Waals surface area contributed by atoms with Crippen LogP contribution in [0.5, 0.6) is 0 Å². The van der Waals surface area contributed by atoms with Crippen molar-refractivity contribution in [1.82, 2.24) is 0 Å². The largest absolute Gasteiger partial charge is 0.417 e. The van der Waals surface area contributed by atoms with Gasteiger partial charge in [0.25, 0.3) is 0 Å². The fourth-order valence-corrected chi connectivity index (χ4v) is 1.60. The Morgan fingerprint density at radius 1 is 1.36 bits per heavy atom. The molecule has 0 bridgehead atoms. The zero-order valence-electron chi connectivity index (χ0n) is 6.60. The molecule has 0 spiro atoms. The van der Waals surface area contributed by atoms with Crippen molar-refractivity contribution in [2.75, 3.05) is 0 Å². The lowest BCUT2D eigenvalue weighted by molar-refractivity contribution is -0.138. The van der Waals surface area contributed by atoms with Crippen molar-refractivity contribution in [3.8, 4) is 0 Å². The minimum absolute atomic E-state index is 0.137. The molecule has 0 atom stereocenters. The van der Waals surface area contributed by atoms with Gasteiger partial charge in [-0.1, -0.05) is 0 Å². The number of nitrogens with zero attached hydrogens (tertiary/aromatic N) is 1. The van der Waals surface area contributed by atoms with Crippen molar-refractivity contribution in [2.24, 2.45) is 4.99 Å². The summed E-state index contributed by atoms with van der Waals surface area (Å²) in [5, 5.41) is 2.02. The molecular weight excluding hydrogens is 326 g/mol. The molecule has 0 unspecified atom stereocenters. The first-order chi connectivity index (χ1) is 6.45. The van der Waals surface area contributed by atoms with E-state index in [1.807, 2.05) is 5.16 Å². The van der Waals surface area contributed by atoms with Crippen LogP contribution in [0.4, 0.5) is 18.9 Å². The molecule has 0 N–H and O–H groups in total. The van der Waals surface area contributed by atoms with E-state index in [0.29, 0.717) is 0 Å². The van der Waals surface area contributed by atoms with Gasteiger partial charge in [0, 0.05) is 3.57 Å². The molecule has 0 fully saturated rings. The summed E-state index contributed by atoms with van der Waals surface area (Å²) in [5.41, 5.74) is -0.544. The summed E-state index contributed by atoms with van der Waals surface area (Å²) in [6, 6.07) is 3.74. The molecule has 0 saturated carbocycles. The van der Waals surface area contributed by atoms with Crippen molar-refractivity contribution >= 4 is 45.7 Å². The number of rotatable bonds is 1. The Morgan fingerprint density at radius 3 is 2.50 bits per heavy atom. The SMILES string of the molecule is FC(F)(F)c1cc(N=C=S)ccc1I. The zero-order valence-corrected chi connectivity index (χ0v) is 9.57. The lowest BCUT2D eigenvalue weighted by Crippen LogP contribution is -2.06. The smallest absolute Gasteiger partial charge is 0.195 e. The van der Waals surface area contributed by atoms with Crippen molar-refractivity contribution in [3.63, 3.8) is 0 Å². The van der Waals surface area contributed by atoms with E-state index in [1.165, 1.54) is 12.1 Å². The first-order valence-electron chi connectivity index (χ1n) is 3.40. The molecule has 1 nitrogen and oxygen atoms in total.